The average Bonchev–Trinajstić information content (AvgIpc) is 2.30. The van der Waals surface area contributed by atoms with Crippen molar-refractivity contribution in [3.05, 3.63) is 0 Å². The molecule has 0 aliphatic carbocycles. The Morgan fingerprint density at radius 1 is 1.19 bits per heavy atom. The monoisotopic (exact) mass is 230 g/mol. The van der Waals surface area contributed by atoms with Crippen molar-refractivity contribution in [3.63, 3.8) is 0 Å². The third-order valence-corrected chi connectivity index (χ3v) is 3.65. The Morgan fingerprint density at radius 3 is 2.12 bits per heavy atom. The van der Waals surface area contributed by atoms with E-state index in [-0.39, 0.29) is 11.6 Å². The van der Waals surface area contributed by atoms with E-state index in [0.717, 1.165) is 32.5 Å². The number of rotatable bonds is 9. The maximum Gasteiger partial charge on any atom is 0.0635 e. The predicted octanol–water partition coefficient (Wildman–Crippen LogP) is 2.25. The smallest absolute Gasteiger partial charge is 0.0635 e. The molecule has 0 aromatic heterocycles. The summed E-state index contributed by atoms with van der Waals surface area (Å²) in [6.45, 7) is 14.5. The van der Waals surface area contributed by atoms with Gasteiger partial charge in [0.25, 0.3) is 0 Å². The maximum atomic E-state index is 6.29. The van der Waals surface area contributed by atoms with Crippen LogP contribution in [0.3, 0.4) is 0 Å². The highest BCUT2D eigenvalue weighted by Gasteiger charge is 2.34. The summed E-state index contributed by atoms with van der Waals surface area (Å²) in [5.41, 5.74) is 6.34. The van der Waals surface area contributed by atoms with E-state index in [1.807, 2.05) is 0 Å². The minimum Gasteiger partial charge on any atom is -0.380 e. The fourth-order valence-electron chi connectivity index (χ4n) is 2.20. The summed E-state index contributed by atoms with van der Waals surface area (Å²) in [6, 6.07) is 0.0870. The first-order chi connectivity index (χ1) is 7.56. The van der Waals surface area contributed by atoms with Gasteiger partial charge in [-0.2, -0.15) is 0 Å². The molecule has 0 fully saturated rings. The average molecular weight is 230 g/mol. The molecule has 0 rings (SSSR count). The highest BCUT2D eigenvalue weighted by Crippen LogP contribution is 2.22. The van der Waals surface area contributed by atoms with E-state index in [4.69, 9.17) is 10.5 Å². The van der Waals surface area contributed by atoms with Crippen molar-refractivity contribution in [3.8, 4) is 0 Å². The molecule has 3 heteroatoms. The van der Waals surface area contributed by atoms with Gasteiger partial charge >= 0.3 is 0 Å². The molecule has 0 aromatic rings. The quantitative estimate of drug-likeness (QED) is 0.617. The topological polar surface area (TPSA) is 38.5 Å². The van der Waals surface area contributed by atoms with Crippen LogP contribution in [0, 0.1) is 0 Å². The molecule has 0 radical (unpaired) electrons. The van der Waals surface area contributed by atoms with E-state index < -0.39 is 0 Å². The largest absolute Gasteiger partial charge is 0.380 e. The lowest BCUT2D eigenvalue weighted by molar-refractivity contribution is 0.0317. The van der Waals surface area contributed by atoms with Crippen molar-refractivity contribution >= 4 is 0 Å². The molecule has 2 N–H and O–H groups in total. The third-order valence-electron chi connectivity index (χ3n) is 3.65. The van der Waals surface area contributed by atoms with Crippen LogP contribution in [0.1, 0.15) is 47.5 Å². The van der Waals surface area contributed by atoms with Crippen LogP contribution < -0.4 is 5.73 Å². The van der Waals surface area contributed by atoms with Gasteiger partial charge in [-0.3, -0.25) is 4.90 Å². The summed E-state index contributed by atoms with van der Waals surface area (Å²) in [4.78, 5) is 2.44. The van der Waals surface area contributed by atoms with Gasteiger partial charge in [0.05, 0.1) is 6.61 Å². The van der Waals surface area contributed by atoms with Gasteiger partial charge in [-0.05, 0) is 32.9 Å². The number of nitrogens with zero attached hydrogens (tertiary/aromatic N) is 1. The number of ether oxygens (including phenoxy) is 1. The van der Waals surface area contributed by atoms with Gasteiger partial charge in [0.15, 0.2) is 0 Å². The van der Waals surface area contributed by atoms with Crippen molar-refractivity contribution in [2.24, 2.45) is 5.73 Å². The number of hydrogen-bond acceptors (Lipinski definition) is 3. The fraction of sp³-hybridized carbons (Fsp3) is 1.00. The Kier molecular flexibility index (Phi) is 7.98. The van der Waals surface area contributed by atoms with Crippen LogP contribution in [0.15, 0.2) is 0 Å². The Balaban J connectivity index is 4.41. The second kappa shape index (κ2) is 8.04. The van der Waals surface area contributed by atoms with E-state index in [2.05, 4.69) is 39.5 Å². The van der Waals surface area contributed by atoms with Gasteiger partial charge in [-0.1, -0.05) is 27.7 Å². The summed E-state index contributed by atoms with van der Waals surface area (Å²) in [5.74, 6) is 0. The summed E-state index contributed by atoms with van der Waals surface area (Å²) in [6.07, 6.45) is 2.12. The lowest BCUT2D eigenvalue weighted by atomic mass is 9.88. The zero-order valence-electron chi connectivity index (χ0n) is 11.8. The van der Waals surface area contributed by atoms with Crippen LogP contribution in [-0.2, 0) is 4.74 Å². The van der Waals surface area contributed by atoms with Crippen LogP contribution in [-0.4, -0.2) is 42.8 Å². The summed E-state index contributed by atoms with van der Waals surface area (Å²) in [5, 5.41) is 0. The van der Waals surface area contributed by atoms with Crippen LogP contribution >= 0.6 is 0 Å². The molecule has 0 aliphatic rings. The molecule has 0 aliphatic heterocycles. The second-order valence-corrected chi connectivity index (χ2v) is 4.56. The number of likely N-dealkylation sites (N-methyl/N-ethyl adjacent to an activating group) is 1. The van der Waals surface area contributed by atoms with Gasteiger partial charge in [-0.25, -0.2) is 0 Å². The molecule has 0 spiro atoms. The molecule has 2 unspecified atom stereocenters. The van der Waals surface area contributed by atoms with Crippen LogP contribution in [0.2, 0.25) is 0 Å². The Labute approximate surface area is 101 Å². The van der Waals surface area contributed by atoms with Gasteiger partial charge < -0.3 is 10.5 Å². The Morgan fingerprint density at radius 2 is 1.75 bits per heavy atom. The van der Waals surface area contributed by atoms with Gasteiger partial charge in [-0.15, -0.1) is 0 Å². The van der Waals surface area contributed by atoms with Crippen molar-refractivity contribution in [1.82, 2.24) is 4.90 Å². The molecule has 0 amide bonds. The first kappa shape index (κ1) is 15.9. The minimum atomic E-state index is 0.0528. The summed E-state index contributed by atoms with van der Waals surface area (Å²) >= 11 is 0. The van der Waals surface area contributed by atoms with Gasteiger partial charge in [0.2, 0.25) is 0 Å². The lowest BCUT2D eigenvalue weighted by Crippen LogP contribution is -2.59. The van der Waals surface area contributed by atoms with Gasteiger partial charge in [0.1, 0.15) is 0 Å². The van der Waals surface area contributed by atoms with Crippen molar-refractivity contribution < 1.29 is 4.74 Å². The molecule has 0 saturated carbocycles. The normalized spacial score (nSPS) is 17.4. The molecule has 0 bridgehead atoms. The summed E-state index contributed by atoms with van der Waals surface area (Å²) in [7, 11) is 0. The Bertz CT molecular complexity index is 171. The molecular weight excluding hydrogens is 200 g/mol. The molecule has 0 heterocycles. The second-order valence-electron chi connectivity index (χ2n) is 4.56. The fourth-order valence-corrected chi connectivity index (χ4v) is 2.20. The zero-order chi connectivity index (χ0) is 12.6. The molecule has 2 atom stereocenters. The van der Waals surface area contributed by atoms with E-state index in [1.165, 1.54) is 0 Å². The molecule has 98 valence electrons. The van der Waals surface area contributed by atoms with Crippen molar-refractivity contribution in [2.45, 2.75) is 59.0 Å². The first-order valence-corrected chi connectivity index (χ1v) is 6.65. The molecule has 3 nitrogen and oxygen atoms in total. The highest BCUT2D eigenvalue weighted by atomic mass is 16.5. The van der Waals surface area contributed by atoms with Gasteiger partial charge in [0, 0.05) is 18.2 Å². The van der Waals surface area contributed by atoms with Crippen LogP contribution in [0.5, 0.6) is 0 Å². The van der Waals surface area contributed by atoms with Crippen LogP contribution in [0.25, 0.3) is 0 Å². The van der Waals surface area contributed by atoms with Crippen molar-refractivity contribution in [2.75, 3.05) is 26.3 Å². The van der Waals surface area contributed by atoms with E-state index in [1.54, 1.807) is 0 Å². The Hall–Kier alpha value is -0.120. The minimum absolute atomic E-state index is 0.0528. The highest BCUT2D eigenvalue weighted by molar-refractivity contribution is 4.93. The SMILES string of the molecule is CCCOCC(N)C(C)(CC)N(CC)CC. The molecule has 0 aromatic carbocycles. The van der Waals surface area contributed by atoms with E-state index in [9.17, 15) is 0 Å². The number of nitrogens with two attached hydrogens (primary N) is 1. The van der Waals surface area contributed by atoms with E-state index >= 15 is 0 Å². The molecule has 0 saturated heterocycles. The molecule has 16 heavy (non-hydrogen) atoms. The summed E-state index contributed by atoms with van der Waals surface area (Å²) < 4.78 is 5.58. The lowest BCUT2D eigenvalue weighted by Gasteiger charge is -2.44. The van der Waals surface area contributed by atoms with Crippen LogP contribution in [0.4, 0.5) is 0 Å². The maximum absolute atomic E-state index is 6.29. The predicted molar refractivity (Wildman–Crippen MR) is 70.7 cm³/mol. The molecular formula is C13H30N2O. The van der Waals surface area contributed by atoms with E-state index in [0.29, 0.717) is 6.61 Å². The standard InChI is InChI=1S/C13H30N2O/c1-6-10-16-11-12(14)13(5,7-2)15(8-3)9-4/h12H,6-11,14H2,1-5H3. The number of hydrogen-bond donors (Lipinski definition) is 1. The van der Waals surface area contributed by atoms with Crippen molar-refractivity contribution in [1.29, 1.82) is 0 Å². The zero-order valence-corrected chi connectivity index (χ0v) is 11.8. The third kappa shape index (κ3) is 4.04. The first-order valence-electron chi connectivity index (χ1n) is 6.65.